The summed E-state index contributed by atoms with van der Waals surface area (Å²) in [6.07, 6.45) is 1.65. The minimum Gasteiger partial charge on any atom is -0.495 e. The normalized spacial score (nSPS) is 10.6. The van der Waals surface area contributed by atoms with Crippen LogP contribution < -0.4 is 10.1 Å². The van der Waals surface area contributed by atoms with Crippen molar-refractivity contribution in [2.75, 3.05) is 32.1 Å². The van der Waals surface area contributed by atoms with Gasteiger partial charge in [-0.2, -0.15) is 0 Å². The van der Waals surface area contributed by atoms with Gasteiger partial charge in [-0.3, -0.25) is 19.8 Å². The van der Waals surface area contributed by atoms with E-state index in [1.54, 1.807) is 31.4 Å². The number of rotatable bonds is 10. The summed E-state index contributed by atoms with van der Waals surface area (Å²) in [5.41, 5.74) is 1.74. The van der Waals surface area contributed by atoms with Crippen LogP contribution in [0.5, 0.6) is 5.75 Å². The number of nitrogens with one attached hydrogen (secondary N) is 1. The number of hydrogen-bond donors (Lipinski definition) is 1. The highest BCUT2D eigenvalue weighted by Crippen LogP contribution is 2.22. The van der Waals surface area contributed by atoms with E-state index in [1.165, 1.54) is 12.1 Å². The highest BCUT2D eigenvalue weighted by Gasteiger charge is 2.13. The number of anilines is 1. The molecule has 0 unspecified atom stereocenters. The third kappa shape index (κ3) is 6.38. The third-order valence-corrected chi connectivity index (χ3v) is 4.15. The summed E-state index contributed by atoms with van der Waals surface area (Å²) in [6, 6.07) is 13.8. The Hall–Kier alpha value is -2.93. The highest BCUT2D eigenvalue weighted by atomic mass is 16.6. The zero-order chi connectivity index (χ0) is 19.6. The van der Waals surface area contributed by atoms with Gasteiger partial charge in [0, 0.05) is 18.7 Å². The molecule has 0 aliphatic rings. The predicted octanol–water partition coefficient (Wildman–Crippen LogP) is 3.50. The Morgan fingerprint density at radius 2 is 1.85 bits per heavy atom. The standard InChI is InChI=1S/C20H25N3O4/c1-3-13-22(14-12-16-8-10-17(11-9-16)23(25)26)15-20(24)21-18-6-4-5-7-19(18)27-2/h4-11H,3,12-15H2,1-2H3,(H,21,24). The molecule has 1 amide bonds. The largest absolute Gasteiger partial charge is 0.495 e. The molecule has 27 heavy (non-hydrogen) atoms. The molecule has 1 N–H and O–H groups in total. The molecule has 0 bridgehead atoms. The topological polar surface area (TPSA) is 84.7 Å². The predicted molar refractivity (Wildman–Crippen MR) is 105 cm³/mol. The Morgan fingerprint density at radius 3 is 2.48 bits per heavy atom. The minimum atomic E-state index is -0.407. The number of nitro groups is 1. The van der Waals surface area contributed by atoms with Gasteiger partial charge < -0.3 is 10.1 Å². The van der Waals surface area contributed by atoms with Crippen molar-refractivity contribution in [1.29, 1.82) is 0 Å². The summed E-state index contributed by atoms with van der Waals surface area (Å²) in [5, 5.41) is 13.6. The number of benzene rings is 2. The first kappa shape index (κ1) is 20.4. The first-order valence-corrected chi connectivity index (χ1v) is 8.92. The van der Waals surface area contributed by atoms with Gasteiger partial charge in [-0.15, -0.1) is 0 Å². The zero-order valence-corrected chi connectivity index (χ0v) is 15.7. The van der Waals surface area contributed by atoms with Crippen molar-refractivity contribution in [1.82, 2.24) is 4.90 Å². The van der Waals surface area contributed by atoms with Crippen LogP contribution in [0.15, 0.2) is 48.5 Å². The number of non-ortho nitro benzene ring substituents is 1. The molecule has 2 rings (SSSR count). The number of ether oxygens (including phenoxy) is 1. The van der Waals surface area contributed by atoms with Crippen molar-refractivity contribution in [2.45, 2.75) is 19.8 Å². The van der Waals surface area contributed by atoms with Crippen LogP contribution in [0.1, 0.15) is 18.9 Å². The summed E-state index contributed by atoms with van der Waals surface area (Å²) in [4.78, 5) is 24.8. The number of nitro benzene ring substituents is 1. The van der Waals surface area contributed by atoms with Crippen molar-refractivity contribution in [3.05, 3.63) is 64.2 Å². The van der Waals surface area contributed by atoms with E-state index in [0.717, 1.165) is 24.9 Å². The lowest BCUT2D eigenvalue weighted by atomic mass is 10.1. The van der Waals surface area contributed by atoms with E-state index in [9.17, 15) is 14.9 Å². The van der Waals surface area contributed by atoms with E-state index in [1.807, 2.05) is 12.1 Å². The number of hydrogen-bond acceptors (Lipinski definition) is 5. The van der Waals surface area contributed by atoms with Crippen LogP contribution in [-0.4, -0.2) is 42.5 Å². The van der Waals surface area contributed by atoms with Crippen molar-refractivity contribution in [3.63, 3.8) is 0 Å². The molecular formula is C20H25N3O4. The van der Waals surface area contributed by atoms with Crippen LogP contribution in [0, 0.1) is 10.1 Å². The average Bonchev–Trinajstić information content (AvgIpc) is 2.67. The number of methoxy groups -OCH3 is 1. The first-order valence-electron chi connectivity index (χ1n) is 8.92. The molecule has 0 aliphatic carbocycles. The van der Waals surface area contributed by atoms with Gasteiger partial charge in [-0.05, 0) is 37.1 Å². The lowest BCUT2D eigenvalue weighted by Gasteiger charge is -2.21. The summed E-state index contributed by atoms with van der Waals surface area (Å²) in [7, 11) is 1.57. The summed E-state index contributed by atoms with van der Waals surface area (Å²) >= 11 is 0. The van der Waals surface area contributed by atoms with Crippen molar-refractivity contribution in [3.8, 4) is 5.75 Å². The Kier molecular flexibility index (Phi) is 7.76. The molecular weight excluding hydrogens is 346 g/mol. The minimum absolute atomic E-state index is 0.0837. The molecule has 7 nitrogen and oxygen atoms in total. The molecule has 2 aromatic carbocycles. The molecule has 0 spiro atoms. The Bertz CT molecular complexity index is 762. The van der Waals surface area contributed by atoms with Crippen LogP contribution in [0.25, 0.3) is 0 Å². The maximum absolute atomic E-state index is 12.4. The van der Waals surface area contributed by atoms with E-state index >= 15 is 0 Å². The molecule has 2 aromatic rings. The molecule has 0 atom stereocenters. The molecule has 144 valence electrons. The molecule has 0 saturated carbocycles. The van der Waals surface area contributed by atoms with Gasteiger partial charge in [-0.25, -0.2) is 0 Å². The Balaban J connectivity index is 1.92. The van der Waals surface area contributed by atoms with Crippen molar-refractivity contribution < 1.29 is 14.5 Å². The summed E-state index contributed by atoms with van der Waals surface area (Å²) in [6.45, 7) is 3.84. The number of amides is 1. The van der Waals surface area contributed by atoms with Gasteiger partial charge in [-0.1, -0.05) is 31.2 Å². The van der Waals surface area contributed by atoms with Crippen molar-refractivity contribution >= 4 is 17.3 Å². The van der Waals surface area contributed by atoms with Gasteiger partial charge in [0.15, 0.2) is 0 Å². The van der Waals surface area contributed by atoms with E-state index < -0.39 is 4.92 Å². The molecule has 7 heteroatoms. The lowest BCUT2D eigenvalue weighted by Crippen LogP contribution is -2.35. The molecule has 0 heterocycles. The summed E-state index contributed by atoms with van der Waals surface area (Å²) < 4.78 is 5.25. The zero-order valence-electron chi connectivity index (χ0n) is 15.7. The molecule has 0 aliphatic heterocycles. The fourth-order valence-electron chi connectivity index (χ4n) is 2.80. The second-order valence-corrected chi connectivity index (χ2v) is 6.20. The van der Waals surface area contributed by atoms with E-state index in [4.69, 9.17) is 4.74 Å². The number of para-hydroxylation sites is 2. The van der Waals surface area contributed by atoms with Crippen LogP contribution in [0.2, 0.25) is 0 Å². The quantitative estimate of drug-likeness (QED) is 0.510. The fourth-order valence-corrected chi connectivity index (χ4v) is 2.80. The van der Waals surface area contributed by atoms with Gasteiger partial charge >= 0.3 is 0 Å². The molecule has 0 fully saturated rings. The van der Waals surface area contributed by atoms with E-state index in [-0.39, 0.29) is 18.1 Å². The second kappa shape index (κ2) is 10.3. The number of carbonyl (C=O) groups is 1. The smallest absolute Gasteiger partial charge is 0.269 e. The van der Waals surface area contributed by atoms with E-state index in [2.05, 4.69) is 17.1 Å². The number of nitrogens with zero attached hydrogens (tertiary/aromatic N) is 2. The van der Waals surface area contributed by atoms with Gasteiger partial charge in [0.25, 0.3) is 5.69 Å². The van der Waals surface area contributed by atoms with Crippen LogP contribution >= 0.6 is 0 Å². The Labute approximate surface area is 159 Å². The van der Waals surface area contributed by atoms with Crippen LogP contribution in [-0.2, 0) is 11.2 Å². The van der Waals surface area contributed by atoms with E-state index in [0.29, 0.717) is 18.0 Å². The van der Waals surface area contributed by atoms with Gasteiger partial charge in [0.1, 0.15) is 5.75 Å². The maximum Gasteiger partial charge on any atom is 0.269 e. The second-order valence-electron chi connectivity index (χ2n) is 6.20. The highest BCUT2D eigenvalue weighted by molar-refractivity contribution is 5.93. The molecule has 0 radical (unpaired) electrons. The fraction of sp³-hybridized carbons (Fsp3) is 0.350. The van der Waals surface area contributed by atoms with Gasteiger partial charge in [0.2, 0.25) is 5.91 Å². The molecule has 0 saturated heterocycles. The van der Waals surface area contributed by atoms with Gasteiger partial charge in [0.05, 0.1) is 24.3 Å². The summed E-state index contributed by atoms with van der Waals surface area (Å²) in [5.74, 6) is 0.524. The first-order chi connectivity index (χ1) is 13.0. The third-order valence-electron chi connectivity index (χ3n) is 4.15. The SMILES string of the molecule is CCCN(CCc1ccc([N+](=O)[O-])cc1)CC(=O)Nc1ccccc1OC. The lowest BCUT2D eigenvalue weighted by molar-refractivity contribution is -0.384. The average molecular weight is 371 g/mol. The molecule has 0 aromatic heterocycles. The monoisotopic (exact) mass is 371 g/mol. The Morgan fingerprint density at radius 1 is 1.15 bits per heavy atom. The van der Waals surface area contributed by atoms with Crippen LogP contribution in [0.3, 0.4) is 0 Å². The van der Waals surface area contributed by atoms with Crippen LogP contribution in [0.4, 0.5) is 11.4 Å². The number of carbonyl (C=O) groups excluding carboxylic acids is 1. The van der Waals surface area contributed by atoms with Crippen molar-refractivity contribution in [2.24, 2.45) is 0 Å². The maximum atomic E-state index is 12.4.